The first kappa shape index (κ1) is 14.0. The summed E-state index contributed by atoms with van der Waals surface area (Å²) in [5.74, 6) is 0.716. The Hall–Kier alpha value is -1.42. The molecule has 1 fully saturated rings. The van der Waals surface area contributed by atoms with Crippen LogP contribution in [0.1, 0.15) is 37.4 Å². The molecule has 1 atom stereocenters. The van der Waals surface area contributed by atoms with Crippen LogP contribution in [0, 0.1) is 13.8 Å². The summed E-state index contributed by atoms with van der Waals surface area (Å²) >= 11 is 0. The number of aromatic nitrogens is 1. The quantitative estimate of drug-likeness (QED) is 0.905. The van der Waals surface area contributed by atoms with E-state index in [1.165, 1.54) is 12.8 Å². The fraction of sp³-hybridized carbons (Fsp3) is 0.600. The minimum absolute atomic E-state index is 0.0527. The number of carbonyl (C=O) groups is 1. The summed E-state index contributed by atoms with van der Waals surface area (Å²) < 4.78 is 0. The molecule has 4 nitrogen and oxygen atoms in total. The lowest BCUT2D eigenvalue weighted by molar-refractivity contribution is -0.117. The number of nitrogens with zero attached hydrogens (tertiary/aromatic N) is 2. The molecule has 2 rings (SSSR count). The van der Waals surface area contributed by atoms with E-state index >= 15 is 0 Å². The number of nitrogens with one attached hydrogen (secondary N) is 1. The molecular formula is C15H23N3O. The largest absolute Gasteiger partial charge is 0.311 e. The zero-order chi connectivity index (χ0) is 13.8. The molecule has 0 radical (unpaired) electrons. The van der Waals surface area contributed by atoms with E-state index in [0.29, 0.717) is 18.3 Å². The molecular weight excluding hydrogens is 238 g/mol. The van der Waals surface area contributed by atoms with Crippen LogP contribution in [0.3, 0.4) is 0 Å². The number of aryl methyl sites for hydroxylation is 2. The second-order valence-electron chi connectivity index (χ2n) is 5.52. The SMILES string of the molecule is Cc1cc(C)nc(NC(=O)CC(C)N2CCCC2)c1. The molecule has 0 aromatic carbocycles. The van der Waals surface area contributed by atoms with Crippen molar-refractivity contribution in [3.05, 3.63) is 23.4 Å². The molecule has 1 amide bonds. The van der Waals surface area contributed by atoms with E-state index in [4.69, 9.17) is 0 Å². The van der Waals surface area contributed by atoms with Crippen molar-refractivity contribution in [1.29, 1.82) is 0 Å². The molecule has 1 aliphatic rings. The van der Waals surface area contributed by atoms with Gasteiger partial charge >= 0.3 is 0 Å². The monoisotopic (exact) mass is 261 g/mol. The lowest BCUT2D eigenvalue weighted by atomic mass is 10.2. The Bertz CT molecular complexity index is 432. The van der Waals surface area contributed by atoms with E-state index in [1.54, 1.807) is 0 Å². The highest BCUT2D eigenvalue weighted by Crippen LogP contribution is 2.15. The molecule has 0 aliphatic carbocycles. The van der Waals surface area contributed by atoms with Gasteiger partial charge < -0.3 is 10.2 Å². The minimum Gasteiger partial charge on any atom is -0.311 e. The molecule has 4 heteroatoms. The average molecular weight is 261 g/mol. The lowest BCUT2D eigenvalue weighted by Crippen LogP contribution is -2.33. The molecule has 1 unspecified atom stereocenters. The maximum atomic E-state index is 12.0. The summed E-state index contributed by atoms with van der Waals surface area (Å²) in [4.78, 5) is 18.7. The number of anilines is 1. The number of carbonyl (C=O) groups excluding carboxylic acids is 1. The van der Waals surface area contributed by atoms with Crippen molar-refractivity contribution in [2.45, 2.75) is 46.1 Å². The molecule has 0 bridgehead atoms. The number of pyridine rings is 1. The summed E-state index contributed by atoms with van der Waals surface area (Å²) in [7, 11) is 0. The first-order chi connectivity index (χ1) is 9.04. The van der Waals surface area contributed by atoms with E-state index in [9.17, 15) is 4.79 Å². The second kappa shape index (κ2) is 6.15. The third-order valence-electron chi connectivity index (χ3n) is 3.61. The van der Waals surface area contributed by atoms with Crippen molar-refractivity contribution in [2.75, 3.05) is 18.4 Å². The normalized spacial score (nSPS) is 17.4. The molecule has 0 spiro atoms. The maximum Gasteiger partial charge on any atom is 0.227 e. The van der Waals surface area contributed by atoms with Crippen LogP contribution in [0.15, 0.2) is 12.1 Å². The average Bonchev–Trinajstić information content (AvgIpc) is 2.80. The summed E-state index contributed by atoms with van der Waals surface area (Å²) in [6, 6.07) is 4.22. The summed E-state index contributed by atoms with van der Waals surface area (Å²) in [6.45, 7) is 8.32. The Labute approximate surface area is 115 Å². The van der Waals surface area contributed by atoms with E-state index in [2.05, 4.69) is 22.1 Å². The molecule has 1 aliphatic heterocycles. The molecule has 1 saturated heterocycles. The van der Waals surface area contributed by atoms with Crippen molar-refractivity contribution in [1.82, 2.24) is 9.88 Å². The van der Waals surface area contributed by atoms with Gasteiger partial charge in [-0.2, -0.15) is 0 Å². The molecule has 0 saturated carbocycles. The molecule has 1 aromatic rings. The zero-order valence-electron chi connectivity index (χ0n) is 12.1. The fourth-order valence-electron chi connectivity index (χ4n) is 2.68. The second-order valence-corrected chi connectivity index (χ2v) is 5.52. The molecule has 104 valence electrons. The Kier molecular flexibility index (Phi) is 4.53. The van der Waals surface area contributed by atoms with Gasteiger partial charge in [-0.1, -0.05) is 0 Å². The van der Waals surface area contributed by atoms with Gasteiger partial charge in [0.2, 0.25) is 5.91 Å². The maximum absolute atomic E-state index is 12.0. The van der Waals surface area contributed by atoms with Crippen LogP contribution in [0.2, 0.25) is 0 Å². The van der Waals surface area contributed by atoms with Crippen LogP contribution in [0.25, 0.3) is 0 Å². The first-order valence-corrected chi connectivity index (χ1v) is 7.04. The number of hydrogen-bond acceptors (Lipinski definition) is 3. The third kappa shape index (κ3) is 4.03. The van der Waals surface area contributed by atoms with E-state index in [1.807, 2.05) is 26.0 Å². The Morgan fingerprint density at radius 2 is 2.05 bits per heavy atom. The molecule has 1 aromatic heterocycles. The lowest BCUT2D eigenvalue weighted by Gasteiger charge is -2.23. The van der Waals surface area contributed by atoms with Crippen LogP contribution in [0.5, 0.6) is 0 Å². The molecule has 2 heterocycles. The van der Waals surface area contributed by atoms with E-state index < -0.39 is 0 Å². The van der Waals surface area contributed by atoms with Gasteiger partial charge in [0.25, 0.3) is 0 Å². The van der Waals surface area contributed by atoms with Crippen LogP contribution in [0.4, 0.5) is 5.82 Å². The van der Waals surface area contributed by atoms with Crippen LogP contribution >= 0.6 is 0 Å². The van der Waals surface area contributed by atoms with E-state index in [-0.39, 0.29) is 5.91 Å². The predicted octanol–water partition coefficient (Wildman–Crippen LogP) is 2.51. The standard InChI is InChI=1S/C15H23N3O/c1-11-8-12(2)16-14(9-11)17-15(19)10-13(3)18-6-4-5-7-18/h8-9,13H,4-7,10H2,1-3H3,(H,16,17,19). The number of likely N-dealkylation sites (tertiary alicyclic amines) is 1. The number of hydrogen-bond donors (Lipinski definition) is 1. The molecule has 19 heavy (non-hydrogen) atoms. The summed E-state index contributed by atoms with van der Waals surface area (Å²) in [5.41, 5.74) is 2.05. The van der Waals surface area contributed by atoms with Crippen molar-refractivity contribution in [3.63, 3.8) is 0 Å². The number of rotatable bonds is 4. The summed E-state index contributed by atoms with van der Waals surface area (Å²) in [6.07, 6.45) is 3.05. The van der Waals surface area contributed by atoms with Crippen LogP contribution in [-0.4, -0.2) is 34.9 Å². The summed E-state index contributed by atoms with van der Waals surface area (Å²) in [5, 5.41) is 2.90. The fourth-order valence-corrected chi connectivity index (χ4v) is 2.68. The van der Waals surface area contributed by atoms with Gasteiger partial charge in [-0.15, -0.1) is 0 Å². The van der Waals surface area contributed by atoms with E-state index in [0.717, 1.165) is 24.3 Å². The Morgan fingerprint density at radius 3 is 2.68 bits per heavy atom. The highest BCUT2D eigenvalue weighted by Gasteiger charge is 2.20. The van der Waals surface area contributed by atoms with Crippen molar-refractivity contribution >= 4 is 11.7 Å². The minimum atomic E-state index is 0.0527. The highest BCUT2D eigenvalue weighted by atomic mass is 16.1. The van der Waals surface area contributed by atoms with Crippen LogP contribution < -0.4 is 5.32 Å². The molecule has 1 N–H and O–H groups in total. The topological polar surface area (TPSA) is 45.2 Å². The third-order valence-corrected chi connectivity index (χ3v) is 3.61. The highest BCUT2D eigenvalue weighted by molar-refractivity contribution is 5.90. The Balaban J connectivity index is 1.89. The zero-order valence-corrected chi connectivity index (χ0v) is 12.1. The smallest absolute Gasteiger partial charge is 0.227 e. The van der Waals surface area contributed by atoms with Gasteiger partial charge in [0, 0.05) is 18.2 Å². The van der Waals surface area contributed by atoms with Gasteiger partial charge in [-0.25, -0.2) is 4.98 Å². The number of amides is 1. The first-order valence-electron chi connectivity index (χ1n) is 7.04. The van der Waals surface area contributed by atoms with Gasteiger partial charge in [0.05, 0.1) is 0 Å². The van der Waals surface area contributed by atoms with Gasteiger partial charge in [0.15, 0.2) is 0 Å². The van der Waals surface area contributed by atoms with Crippen molar-refractivity contribution < 1.29 is 4.79 Å². The van der Waals surface area contributed by atoms with Crippen LogP contribution in [-0.2, 0) is 4.79 Å². The van der Waals surface area contributed by atoms with Gasteiger partial charge in [0.1, 0.15) is 5.82 Å². The van der Waals surface area contributed by atoms with Gasteiger partial charge in [-0.3, -0.25) is 4.79 Å². The predicted molar refractivity (Wildman–Crippen MR) is 77.2 cm³/mol. The van der Waals surface area contributed by atoms with Crippen molar-refractivity contribution in [3.8, 4) is 0 Å². The van der Waals surface area contributed by atoms with Gasteiger partial charge in [-0.05, 0) is 64.4 Å². The van der Waals surface area contributed by atoms with Crippen molar-refractivity contribution in [2.24, 2.45) is 0 Å². The Morgan fingerprint density at radius 1 is 1.37 bits per heavy atom.